The number of aliphatic imine (C=N–C) groups is 2. The van der Waals surface area contributed by atoms with Crippen LogP contribution in [0.2, 0.25) is 0 Å². The first kappa shape index (κ1) is 68.2. The number of carbonyl (C=O) groups excluding carboxylic acids is 11. The van der Waals surface area contributed by atoms with Crippen LogP contribution in [0.25, 0.3) is 0 Å². The number of benzene rings is 2. The summed E-state index contributed by atoms with van der Waals surface area (Å²) in [6.07, 6.45) is -1.34. The normalized spacial score (nSPS) is 21.6. The van der Waals surface area contributed by atoms with Gasteiger partial charge in [-0.25, -0.2) is 0 Å². The molecule has 2 heterocycles. The molecule has 0 spiro atoms. The number of likely N-dealkylation sites (N-methyl/N-ethyl adjacent to an activating group) is 1. The van der Waals surface area contributed by atoms with Crippen molar-refractivity contribution in [2.45, 2.75) is 144 Å². The molecule has 0 aromatic heterocycles. The zero-order chi connectivity index (χ0) is 62.3. The molecule has 84 heavy (non-hydrogen) atoms. The highest BCUT2D eigenvalue weighted by Gasteiger charge is 2.42. The molecule has 0 bridgehead atoms. The second-order valence-electron chi connectivity index (χ2n) is 20.9. The minimum absolute atomic E-state index is 0.0127. The number of hydrogen-bond acceptors (Lipinski definition) is 16. The van der Waals surface area contributed by atoms with Gasteiger partial charge >= 0.3 is 0 Å². The van der Waals surface area contributed by atoms with Crippen molar-refractivity contribution in [3.05, 3.63) is 65.7 Å². The molecule has 2 fully saturated rings. The van der Waals surface area contributed by atoms with Crippen LogP contribution in [-0.4, -0.2) is 177 Å². The average molecular weight is 1210 g/mol. The maximum atomic E-state index is 15.0. The Balaban J connectivity index is 1.75. The largest absolute Gasteiger partial charge is 0.508 e. The number of nitrogens with two attached hydrogens (primary N) is 7. The highest BCUT2D eigenvalue weighted by Crippen LogP contribution is 2.39. The standard InChI is InChI=1S/C53H79N17O12S2/c1-53(2)27-42(74)69(3)39(25-30-15-17-31(71)18-16-30)49(81)67-35(24-29-10-5-4-6-11-29)46(78)64-34(19-20-40(54)72)45(77)66-36(26-41(55)73)47(79)68-37(28-83-84-53)50(82)70-23-9-14-38(70)48(80)65-33(13-8-22-62-52(59)60)44(76)63-32(43(56)75)12-7-21-61-51(57)58/h4-6,10-11,15-18,32-39,71H,7-9,12-14,19-28H2,1-3H3,(H2,54,72)(H2,55,73)(H2,56,75)(H,63,76)(H,64,78)(H,65,80)(H,66,77)(H,67,81)(H,68,79)(H4,57,58,61)(H4,59,60,62)/t32-,33-,34-,35+,36+,37+,38-,39-/m0/s1. The van der Waals surface area contributed by atoms with Gasteiger partial charge in [-0.15, -0.1) is 0 Å². The fourth-order valence-corrected chi connectivity index (χ4v) is 11.8. The third-order valence-electron chi connectivity index (χ3n) is 13.5. The molecule has 8 atom stereocenters. The molecule has 2 aromatic rings. The van der Waals surface area contributed by atoms with Crippen molar-refractivity contribution in [1.29, 1.82) is 0 Å². The van der Waals surface area contributed by atoms with E-state index in [4.69, 9.17) is 40.1 Å². The summed E-state index contributed by atoms with van der Waals surface area (Å²) in [6.45, 7) is 3.65. The van der Waals surface area contributed by atoms with Gasteiger partial charge in [-0.05, 0) is 82.1 Å². The molecule has 2 aromatic carbocycles. The predicted octanol–water partition coefficient (Wildman–Crippen LogP) is -3.80. The minimum atomic E-state index is -1.81. The van der Waals surface area contributed by atoms with Crippen LogP contribution >= 0.6 is 21.6 Å². The van der Waals surface area contributed by atoms with E-state index in [1.807, 2.05) is 0 Å². The summed E-state index contributed by atoms with van der Waals surface area (Å²) in [5, 5.41) is 25.7. The topological polar surface area (TPSA) is 494 Å². The molecule has 0 unspecified atom stereocenters. The number of carbonyl (C=O) groups is 11. The van der Waals surface area contributed by atoms with Crippen molar-refractivity contribution in [2.75, 3.05) is 32.4 Å². The van der Waals surface area contributed by atoms with Crippen LogP contribution in [0.15, 0.2) is 64.6 Å². The Morgan fingerprint density at radius 2 is 1.29 bits per heavy atom. The first-order valence-electron chi connectivity index (χ1n) is 27.1. The lowest BCUT2D eigenvalue weighted by Crippen LogP contribution is -2.61. The fourth-order valence-electron chi connectivity index (χ4n) is 9.10. The van der Waals surface area contributed by atoms with Crippen LogP contribution < -0.4 is 72.0 Å². The zero-order valence-corrected chi connectivity index (χ0v) is 48.8. The molecule has 11 amide bonds. The van der Waals surface area contributed by atoms with E-state index in [-0.39, 0.29) is 101 Å². The van der Waals surface area contributed by atoms with Crippen LogP contribution in [0.3, 0.4) is 0 Å². The Bertz CT molecular complexity index is 2730. The lowest BCUT2D eigenvalue weighted by molar-refractivity contribution is -0.142. The monoisotopic (exact) mass is 1210 g/mol. The van der Waals surface area contributed by atoms with Crippen molar-refractivity contribution >= 4 is 98.5 Å². The third-order valence-corrected chi connectivity index (χ3v) is 16.8. The number of likely N-dealkylation sites (tertiary alicyclic amines) is 1. The van der Waals surface area contributed by atoms with E-state index in [0.29, 0.717) is 11.1 Å². The van der Waals surface area contributed by atoms with Crippen LogP contribution in [0.5, 0.6) is 5.75 Å². The molecule has 0 radical (unpaired) electrons. The summed E-state index contributed by atoms with van der Waals surface area (Å²) in [7, 11) is 3.65. The Morgan fingerprint density at radius 3 is 1.88 bits per heavy atom. The summed E-state index contributed by atoms with van der Waals surface area (Å²) in [6, 6.07) is 3.12. The first-order valence-corrected chi connectivity index (χ1v) is 29.4. The van der Waals surface area contributed by atoms with Crippen LogP contribution in [0.1, 0.15) is 89.2 Å². The second-order valence-corrected chi connectivity index (χ2v) is 24.0. The number of nitrogens with zero attached hydrogens (tertiary/aromatic N) is 4. The van der Waals surface area contributed by atoms with E-state index in [9.17, 15) is 57.8 Å². The third kappa shape index (κ3) is 22.8. The lowest BCUT2D eigenvalue weighted by atomic mass is 10.00. The van der Waals surface area contributed by atoms with E-state index in [1.165, 1.54) is 29.0 Å². The lowest BCUT2D eigenvalue weighted by Gasteiger charge is -2.33. The summed E-state index contributed by atoms with van der Waals surface area (Å²) in [5.41, 5.74) is 39.7. The molecule has 2 aliphatic rings. The van der Waals surface area contributed by atoms with Crippen molar-refractivity contribution in [3.8, 4) is 5.75 Å². The van der Waals surface area contributed by atoms with Gasteiger partial charge in [0.15, 0.2) is 11.9 Å². The number of amides is 11. The molecule has 460 valence electrons. The number of rotatable bonds is 23. The Morgan fingerprint density at radius 1 is 0.714 bits per heavy atom. The molecule has 0 saturated carbocycles. The van der Waals surface area contributed by atoms with Crippen molar-refractivity contribution in [2.24, 2.45) is 50.1 Å². The number of phenols is 1. The maximum absolute atomic E-state index is 15.0. The average Bonchev–Trinajstić information content (AvgIpc) is 4.15. The maximum Gasteiger partial charge on any atom is 0.246 e. The van der Waals surface area contributed by atoms with E-state index >= 15 is 0 Å². The SMILES string of the molecule is CN1C(=O)CC(C)(C)SSC[C@H](C(=O)N2CCC[C@H]2C(=O)N[C@@H](CCCN=C(N)N)C(=O)N[C@@H](CCCN=C(N)N)C(N)=O)NC(=O)[C@@H](CC(N)=O)NC(=O)[C@H](CCC(N)=O)NC(=O)[C@@H](Cc2ccccc2)NC(=O)[C@@H]1Cc1ccc(O)cc1. The summed E-state index contributed by atoms with van der Waals surface area (Å²) >= 11 is 0. The van der Waals surface area contributed by atoms with Gasteiger partial charge in [0.25, 0.3) is 0 Å². The molecule has 29 nitrogen and oxygen atoms in total. The van der Waals surface area contributed by atoms with Gasteiger partial charge < -0.3 is 86.9 Å². The van der Waals surface area contributed by atoms with Gasteiger partial charge in [-0.1, -0.05) is 64.1 Å². The minimum Gasteiger partial charge on any atom is -0.508 e. The van der Waals surface area contributed by atoms with Gasteiger partial charge in [0, 0.05) is 62.9 Å². The van der Waals surface area contributed by atoms with Gasteiger partial charge in [0.05, 0.1) is 6.42 Å². The molecule has 2 saturated heterocycles. The quantitative estimate of drug-likeness (QED) is 0.0220. The summed E-state index contributed by atoms with van der Waals surface area (Å²) < 4.78 is -0.959. The predicted molar refractivity (Wildman–Crippen MR) is 315 cm³/mol. The Hall–Kier alpha value is -8.35. The molecule has 21 N–H and O–H groups in total. The summed E-state index contributed by atoms with van der Waals surface area (Å²) in [4.78, 5) is 163. The van der Waals surface area contributed by atoms with E-state index in [2.05, 4.69) is 41.9 Å². The molecule has 31 heteroatoms. The van der Waals surface area contributed by atoms with Gasteiger partial charge in [0.1, 0.15) is 54.1 Å². The summed E-state index contributed by atoms with van der Waals surface area (Å²) in [5.74, 6) is -10.2. The highest BCUT2D eigenvalue weighted by atomic mass is 33.1. The van der Waals surface area contributed by atoms with Crippen LogP contribution in [0.4, 0.5) is 0 Å². The van der Waals surface area contributed by atoms with Crippen molar-refractivity contribution < 1.29 is 57.8 Å². The second kappa shape index (κ2) is 33.1. The Labute approximate surface area is 494 Å². The smallest absolute Gasteiger partial charge is 0.246 e. The Kier molecular flexibility index (Phi) is 26.8. The van der Waals surface area contributed by atoms with Crippen molar-refractivity contribution in [3.63, 3.8) is 0 Å². The van der Waals surface area contributed by atoms with E-state index in [0.717, 1.165) is 21.6 Å². The van der Waals surface area contributed by atoms with Gasteiger partial charge in [-0.2, -0.15) is 0 Å². The molecule has 0 aliphatic carbocycles. The molecule has 4 rings (SSSR count). The van der Waals surface area contributed by atoms with Crippen LogP contribution in [-0.2, 0) is 65.6 Å². The van der Waals surface area contributed by atoms with E-state index < -0.39 is 137 Å². The number of nitrogens with one attached hydrogen (secondary N) is 6. The number of guanidine groups is 2. The molecule has 2 aliphatic heterocycles. The van der Waals surface area contributed by atoms with Crippen molar-refractivity contribution in [1.82, 2.24) is 41.7 Å². The number of phenolic OH excluding ortho intramolecular Hbond substituents is 1. The van der Waals surface area contributed by atoms with Crippen LogP contribution in [0, 0.1) is 0 Å². The first-order chi connectivity index (χ1) is 39.6. The molecular formula is C53H79N17O12S2. The van der Waals surface area contributed by atoms with Gasteiger partial charge in [0.2, 0.25) is 65.0 Å². The number of aromatic hydroxyl groups is 1. The molecular weight excluding hydrogens is 1130 g/mol. The zero-order valence-electron chi connectivity index (χ0n) is 47.2. The number of primary amides is 3. The van der Waals surface area contributed by atoms with Gasteiger partial charge in [-0.3, -0.25) is 62.7 Å². The highest BCUT2D eigenvalue weighted by molar-refractivity contribution is 8.77. The van der Waals surface area contributed by atoms with E-state index in [1.54, 1.807) is 56.3 Å². The number of hydrogen-bond donors (Lipinski definition) is 14. The fraction of sp³-hybridized carbons (Fsp3) is 0.528.